The summed E-state index contributed by atoms with van der Waals surface area (Å²) in [6.45, 7) is 2.63. The van der Waals surface area contributed by atoms with Crippen molar-refractivity contribution in [2.45, 2.75) is 51.4 Å². The summed E-state index contributed by atoms with van der Waals surface area (Å²) >= 11 is 0. The van der Waals surface area contributed by atoms with Gasteiger partial charge in [0.05, 0.1) is 5.56 Å². The van der Waals surface area contributed by atoms with Crippen LogP contribution in [0.25, 0.3) is 0 Å². The lowest BCUT2D eigenvalue weighted by Gasteiger charge is -2.24. The molecule has 1 fully saturated rings. The second-order valence-corrected chi connectivity index (χ2v) is 5.91. The molecule has 0 saturated carbocycles. The minimum absolute atomic E-state index is 0.0234. The fourth-order valence-electron chi connectivity index (χ4n) is 2.81. The molecule has 2 amide bonds. The molecule has 1 atom stereocenters. The van der Waals surface area contributed by atoms with E-state index in [4.69, 9.17) is 0 Å². The number of hydrogen-bond donors (Lipinski definition) is 1. The van der Waals surface area contributed by atoms with Crippen molar-refractivity contribution >= 4 is 11.8 Å². The van der Waals surface area contributed by atoms with Gasteiger partial charge in [-0.05, 0) is 37.0 Å². The van der Waals surface area contributed by atoms with Crippen LogP contribution in [0, 0.1) is 0 Å². The fraction of sp³-hybridized carbons (Fsp3) is 0.529. The van der Waals surface area contributed by atoms with Gasteiger partial charge in [-0.1, -0.05) is 19.1 Å². The molecule has 0 radical (unpaired) electrons. The Balaban J connectivity index is 1.91. The van der Waals surface area contributed by atoms with Crippen LogP contribution in [0.2, 0.25) is 0 Å². The maximum Gasteiger partial charge on any atom is 0.416 e. The number of carbonyl (C=O) groups excluding carboxylic acids is 2. The minimum Gasteiger partial charge on any atom is -0.350 e. The van der Waals surface area contributed by atoms with Crippen molar-refractivity contribution in [3.63, 3.8) is 0 Å². The van der Waals surface area contributed by atoms with Crippen LogP contribution in [0.15, 0.2) is 24.3 Å². The largest absolute Gasteiger partial charge is 0.416 e. The molecule has 1 aromatic rings. The average Bonchev–Trinajstić information content (AvgIpc) is 3.02. The van der Waals surface area contributed by atoms with Crippen molar-refractivity contribution in [1.82, 2.24) is 10.2 Å². The highest BCUT2D eigenvalue weighted by molar-refractivity contribution is 5.88. The number of benzene rings is 1. The quantitative estimate of drug-likeness (QED) is 0.894. The van der Waals surface area contributed by atoms with E-state index in [1.807, 2.05) is 6.92 Å². The van der Waals surface area contributed by atoms with E-state index in [9.17, 15) is 22.8 Å². The number of rotatable bonds is 5. The topological polar surface area (TPSA) is 49.4 Å². The number of carbonyl (C=O) groups is 2. The van der Waals surface area contributed by atoms with Gasteiger partial charge in [-0.25, -0.2) is 0 Å². The lowest BCUT2D eigenvalue weighted by atomic mass is 10.1. The van der Waals surface area contributed by atoms with Gasteiger partial charge < -0.3 is 10.2 Å². The second kappa shape index (κ2) is 7.68. The molecule has 0 aromatic heterocycles. The van der Waals surface area contributed by atoms with Crippen LogP contribution in [-0.4, -0.2) is 29.3 Å². The lowest BCUT2D eigenvalue weighted by Crippen LogP contribution is -2.45. The third-order valence-corrected chi connectivity index (χ3v) is 4.09. The minimum atomic E-state index is -4.37. The van der Waals surface area contributed by atoms with E-state index < -0.39 is 17.8 Å². The first kappa shape index (κ1) is 18.3. The summed E-state index contributed by atoms with van der Waals surface area (Å²) in [4.78, 5) is 25.9. The highest BCUT2D eigenvalue weighted by atomic mass is 19.4. The molecular formula is C17H21F3N2O2. The Hall–Kier alpha value is -2.05. The van der Waals surface area contributed by atoms with E-state index in [1.54, 1.807) is 4.90 Å². The highest BCUT2D eigenvalue weighted by Crippen LogP contribution is 2.29. The molecule has 7 heteroatoms. The summed E-state index contributed by atoms with van der Waals surface area (Å²) in [6.07, 6.45) is -1.81. The van der Waals surface area contributed by atoms with Crippen LogP contribution in [0.1, 0.15) is 43.7 Å². The maximum absolute atomic E-state index is 12.5. The van der Waals surface area contributed by atoms with Gasteiger partial charge in [0, 0.05) is 19.5 Å². The summed E-state index contributed by atoms with van der Waals surface area (Å²) in [5, 5.41) is 2.71. The monoisotopic (exact) mass is 342 g/mol. The Morgan fingerprint density at radius 2 is 1.92 bits per heavy atom. The van der Waals surface area contributed by atoms with Crippen molar-refractivity contribution < 1.29 is 22.8 Å². The predicted octanol–water partition coefficient (Wildman–Crippen LogP) is 3.11. The third kappa shape index (κ3) is 4.49. The molecule has 0 aliphatic carbocycles. The molecule has 1 aliphatic rings. The lowest BCUT2D eigenvalue weighted by molar-refractivity contribution is -0.138. The molecule has 1 unspecified atom stereocenters. The van der Waals surface area contributed by atoms with Gasteiger partial charge in [0.1, 0.15) is 6.04 Å². The summed E-state index contributed by atoms with van der Waals surface area (Å²) in [7, 11) is 0. The molecule has 0 bridgehead atoms. The Morgan fingerprint density at radius 1 is 1.25 bits per heavy atom. The Bertz CT molecular complexity index is 584. The summed E-state index contributed by atoms with van der Waals surface area (Å²) in [5.41, 5.74) is -0.134. The highest BCUT2D eigenvalue weighted by Gasteiger charge is 2.33. The molecule has 1 aliphatic heterocycles. The molecule has 1 N–H and O–H groups in total. The molecule has 2 rings (SSSR count). The van der Waals surface area contributed by atoms with Crippen LogP contribution in [0.3, 0.4) is 0 Å². The first-order valence-electron chi connectivity index (χ1n) is 8.06. The van der Waals surface area contributed by atoms with Gasteiger partial charge in [-0.2, -0.15) is 13.2 Å². The van der Waals surface area contributed by atoms with Gasteiger partial charge in [0.25, 0.3) is 0 Å². The van der Waals surface area contributed by atoms with Gasteiger partial charge >= 0.3 is 6.18 Å². The van der Waals surface area contributed by atoms with Crippen molar-refractivity contribution in [3.05, 3.63) is 35.4 Å². The Morgan fingerprint density at radius 3 is 2.50 bits per heavy atom. The van der Waals surface area contributed by atoms with Gasteiger partial charge in [-0.15, -0.1) is 0 Å². The zero-order valence-corrected chi connectivity index (χ0v) is 13.5. The normalized spacial score (nSPS) is 17.8. The third-order valence-electron chi connectivity index (χ3n) is 4.09. The van der Waals surface area contributed by atoms with Gasteiger partial charge in [-0.3, -0.25) is 9.59 Å². The predicted molar refractivity (Wildman–Crippen MR) is 82.9 cm³/mol. The van der Waals surface area contributed by atoms with Crippen molar-refractivity contribution in [2.75, 3.05) is 6.54 Å². The molecule has 0 spiro atoms. The van der Waals surface area contributed by atoms with Crippen LogP contribution in [-0.2, 0) is 22.3 Å². The van der Waals surface area contributed by atoms with Gasteiger partial charge in [0.15, 0.2) is 0 Å². The van der Waals surface area contributed by atoms with Crippen LogP contribution in [0.4, 0.5) is 13.2 Å². The van der Waals surface area contributed by atoms with E-state index in [0.717, 1.165) is 25.0 Å². The molecule has 4 nitrogen and oxygen atoms in total. The smallest absolute Gasteiger partial charge is 0.350 e. The summed E-state index contributed by atoms with van der Waals surface area (Å²) < 4.78 is 37.5. The number of amides is 2. The number of alkyl halides is 3. The van der Waals surface area contributed by atoms with E-state index in [-0.39, 0.29) is 18.4 Å². The first-order valence-corrected chi connectivity index (χ1v) is 8.06. The standard InChI is InChI=1S/C17H21F3N2O2/c1-2-4-15(23)22-10-3-5-14(22)16(24)21-11-12-6-8-13(9-7-12)17(18,19)20/h6-9,14H,2-5,10-11H2,1H3,(H,21,24). The summed E-state index contributed by atoms with van der Waals surface area (Å²) in [6, 6.07) is 4.20. The zero-order chi connectivity index (χ0) is 17.7. The van der Waals surface area contributed by atoms with E-state index in [1.165, 1.54) is 12.1 Å². The van der Waals surface area contributed by atoms with Gasteiger partial charge in [0.2, 0.25) is 11.8 Å². The fourth-order valence-corrected chi connectivity index (χ4v) is 2.81. The molecule has 1 saturated heterocycles. The molecular weight excluding hydrogens is 321 g/mol. The number of nitrogens with one attached hydrogen (secondary N) is 1. The van der Waals surface area contributed by atoms with E-state index in [0.29, 0.717) is 24.9 Å². The Labute approximate surface area is 139 Å². The van der Waals surface area contributed by atoms with Crippen LogP contribution >= 0.6 is 0 Å². The zero-order valence-electron chi connectivity index (χ0n) is 13.5. The first-order chi connectivity index (χ1) is 11.3. The molecule has 1 heterocycles. The maximum atomic E-state index is 12.5. The number of halogens is 3. The summed E-state index contributed by atoms with van der Waals surface area (Å²) in [5.74, 6) is -0.276. The SMILES string of the molecule is CCCC(=O)N1CCCC1C(=O)NCc1ccc(C(F)(F)F)cc1. The molecule has 132 valence electrons. The number of nitrogens with zero attached hydrogens (tertiary/aromatic N) is 1. The van der Waals surface area contributed by atoms with Crippen molar-refractivity contribution in [1.29, 1.82) is 0 Å². The average molecular weight is 342 g/mol. The van der Waals surface area contributed by atoms with Crippen LogP contribution in [0.5, 0.6) is 0 Å². The molecule has 1 aromatic carbocycles. The van der Waals surface area contributed by atoms with Crippen molar-refractivity contribution in [3.8, 4) is 0 Å². The Kier molecular flexibility index (Phi) is 5.85. The van der Waals surface area contributed by atoms with Crippen LogP contribution < -0.4 is 5.32 Å². The van der Waals surface area contributed by atoms with E-state index in [2.05, 4.69) is 5.32 Å². The number of likely N-dealkylation sites (tertiary alicyclic amines) is 1. The molecule has 24 heavy (non-hydrogen) atoms. The number of hydrogen-bond acceptors (Lipinski definition) is 2. The second-order valence-electron chi connectivity index (χ2n) is 5.91. The van der Waals surface area contributed by atoms with E-state index >= 15 is 0 Å². The van der Waals surface area contributed by atoms with Crippen molar-refractivity contribution in [2.24, 2.45) is 0 Å².